The Morgan fingerprint density at radius 2 is 2.00 bits per heavy atom. The van der Waals surface area contributed by atoms with E-state index in [1.54, 1.807) is 0 Å². The second kappa shape index (κ2) is 4.33. The minimum absolute atomic E-state index is 0.00472. The molecular formula is C12H24N2. The molecule has 0 bridgehead atoms. The predicted molar refractivity (Wildman–Crippen MR) is 61.8 cm³/mol. The molecule has 82 valence electrons. The summed E-state index contributed by atoms with van der Waals surface area (Å²) in [5.74, 6) is 0.823. The van der Waals surface area contributed by atoms with E-state index in [-0.39, 0.29) is 5.41 Å². The standard InChI is InChI=1S/C12H24N2/c1-5-10-8-6-7-9-14(10)11(13)12(2,3)4/h10,13H,5-9H2,1-4H3. The third-order valence-electron chi connectivity index (χ3n) is 3.10. The molecule has 0 amide bonds. The summed E-state index contributed by atoms with van der Waals surface area (Å²) in [6.07, 6.45) is 5.05. The minimum atomic E-state index is 0.00472. The van der Waals surface area contributed by atoms with Gasteiger partial charge in [-0.15, -0.1) is 0 Å². The molecule has 1 aliphatic rings. The van der Waals surface area contributed by atoms with Crippen LogP contribution in [0.3, 0.4) is 0 Å². The highest BCUT2D eigenvalue weighted by atomic mass is 15.2. The highest BCUT2D eigenvalue weighted by molar-refractivity contribution is 5.84. The van der Waals surface area contributed by atoms with Crippen molar-refractivity contribution in [1.29, 1.82) is 5.41 Å². The Hall–Kier alpha value is -0.530. The van der Waals surface area contributed by atoms with Crippen LogP contribution in [0.2, 0.25) is 0 Å². The van der Waals surface area contributed by atoms with E-state index >= 15 is 0 Å². The van der Waals surface area contributed by atoms with Crippen molar-refractivity contribution in [2.45, 2.75) is 59.4 Å². The maximum atomic E-state index is 8.19. The molecule has 1 saturated heterocycles. The van der Waals surface area contributed by atoms with Gasteiger partial charge in [-0.1, -0.05) is 27.7 Å². The Kier molecular flexibility index (Phi) is 3.57. The van der Waals surface area contributed by atoms with Gasteiger partial charge in [-0.3, -0.25) is 5.41 Å². The monoisotopic (exact) mass is 196 g/mol. The smallest absolute Gasteiger partial charge is 0.101 e. The summed E-state index contributed by atoms with van der Waals surface area (Å²) in [7, 11) is 0. The summed E-state index contributed by atoms with van der Waals surface area (Å²) < 4.78 is 0. The Bertz CT molecular complexity index is 203. The van der Waals surface area contributed by atoms with Gasteiger partial charge in [0.05, 0.1) is 0 Å². The van der Waals surface area contributed by atoms with Crippen molar-refractivity contribution in [2.75, 3.05) is 6.54 Å². The zero-order chi connectivity index (χ0) is 10.8. The zero-order valence-electron chi connectivity index (χ0n) is 10.1. The molecule has 0 radical (unpaired) electrons. The Balaban J connectivity index is 2.69. The molecule has 0 aromatic rings. The van der Waals surface area contributed by atoms with Gasteiger partial charge in [-0.05, 0) is 25.7 Å². The fourth-order valence-corrected chi connectivity index (χ4v) is 2.15. The molecule has 1 aliphatic heterocycles. The van der Waals surface area contributed by atoms with Crippen LogP contribution in [-0.4, -0.2) is 23.3 Å². The SMILES string of the molecule is CCC1CCCCN1C(=N)C(C)(C)C. The van der Waals surface area contributed by atoms with Gasteiger partial charge in [0.2, 0.25) is 0 Å². The van der Waals surface area contributed by atoms with Crippen molar-refractivity contribution in [3.05, 3.63) is 0 Å². The van der Waals surface area contributed by atoms with Crippen LogP contribution in [0.25, 0.3) is 0 Å². The number of rotatable bonds is 1. The molecule has 0 saturated carbocycles. The Morgan fingerprint density at radius 3 is 2.50 bits per heavy atom. The lowest BCUT2D eigenvalue weighted by Gasteiger charge is -2.41. The minimum Gasteiger partial charge on any atom is -0.357 e. The average molecular weight is 196 g/mol. The second-order valence-electron chi connectivity index (χ2n) is 5.35. The van der Waals surface area contributed by atoms with Gasteiger partial charge in [0.15, 0.2) is 0 Å². The molecule has 0 spiro atoms. The van der Waals surface area contributed by atoms with Crippen molar-refractivity contribution in [1.82, 2.24) is 4.90 Å². The summed E-state index contributed by atoms with van der Waals surface area (Å²) in [4.78, 5) is 2.32. The van der Waals surface area contributed by atoms with Crippen molar-refractivity contribution in [3.8, 4) is 0 Å². The first-order valence-corrected chi connectivity index (χ1v) is 5.82. The van der Waals surface area contributed by atoms with Crippen molar-refractivity contribution >= 4 is 5.84 Å². The number of hydrogen-bond acceptors (Lipinski definition) is 1. The van der Waals surface area contributed by atoms with Gasteiger partial charge in [-0.25, -0.2) is 0 Å². The maximum Gasteiger partial charge on any atom is 0.101 e. The molecule has 1 heterocycles. The molecule has 1 atom stereocenters. The normalized spacial score (nSPS) is 23.7. The van der Waals surface area contributed by atoms with E-state index in [1.165, 1.54) is 25.7 Å². The van der Waals surface area contributed by atoms with Crippen LogP contribution in [0.4, 0.5) is 0 Å². The lowest BCUT2D eigenvalue weighted by Crippen LogP contribution is -2.47. The van der Waals surface area contributed by atoms with Gasteiger partial charge in [0, 0.05) is 18.0 Å². The molecule has 0 aromatic heterocycles. The van der Waals surface area contributed by atoms with Crippen LogP contribution in [-0.2, 0) is 0 Å². The molecule has 2 nitrogen and oxygen atoms in total. The van der Waals surface area contributed by atoms with E-state index in [4.69, 9.17) is 5.41 Å². The van der Waals surface area contributed by atoms with E-state index < -0.39 is 0 Å². The van der Waals surface area contributed by atoms with E-state index in [0.717, 1.165) is 12.4 Å². The fraction of sp³-hybridized carbons (Fsp3) is 0.917. The molecule has 0 aliphatic carbocycles. The Labute approximate surface area is 88.2 Å². The fourth-order valence-electron chi connectivity index (χ4n) is 2.15. The first-order valence-electron chi connectivity index (χ1n) is 5.82. The molecule has 1 fully saturated rings. The van der Waals surface area contributed by atoms with Crippen LogP contribution in [0.15, 0.2) is 0 Å². The van der Waals surface area contributed by atoms with Gasteiger partial charge >= 0.3 is 0 Å². The Morgan fingerprint density at radius 1 is 1.36 bits per heavy atom. The predicted octanol–water partition coefficient (Wildman–Crippen LogP) is 3.27. The summed E-state index contributed by atoms with van der Waals surface area (Å²) in [6, 6.07) is 0.621. The van der Waals surface area contributed by atoms with E-state index in [2.05, 4.69) is 32.6 Å². The molecule has 1 rings (SSSR count). The third kappa shape index (κ3) is 2.49. The van der Waals surface area contributed by atoms with Gasteiger partial charge in [0.25, 0.3) is 0 Å². The van der Waals surface area contributed by atoms with Crippen molar-refractivity contribution in [2.24, 2.45) is 5.41 Å². The van der Waals surface area contributed by atoms with Gasteiger partial charge in [0.1, 0.15) is 5.84 Å². The molecular weight excluding hydrogens is 172 g/mol. The highest BCUT2D eigenvalue weighted by Crippen LogP contribution is 2.26. The molecule has 2 heteroatoms. The lowest BCUT2D eigenvalue weighted by atomic mass is 9.90. The number of nitrogens with zero attached hydrogens (tertiary/aromatic N) is 1. The van der Waals surface area contributed by atoms with Crippen LogP contribution >= 0.6 is 0 Å². The van der Waals surface area contributed by atoms with E-state index in [0.29, 0.717) is 6.04 Å². The molecule has 1 unspecified atom stereocenters. The van der Waals surface area contributed by atoms with E-state index in [1.807, 2.05) is 0 Å². The summed E-state index contributed by atoms with van der Waals surface area (Å²) in [5.41, 5.74) is 0.00472. The second-order valence-corrected chi connectivity index (χ2v) is 5.35. The zero-order valence-corrected chi connectivity index (χ0v) is 10.1. The summed E-state index contributed by atoms with van der Waals surface area (Å²) in [5, 5.41) is 8.19. The van der Waals surface area contributed by atoms with Crippen LogP contribution in [0.1, 0.15) is 53.4 Å². The van der Waals surface area contributed by atoms with Crippen LogP contribution in [0, 0.1) is 10.8 Å². The van der Waals surface area contributed by atoms with Gasteiger partial charge < -0.3 is 4.90 Å². The first kappa shape index (κ1) is 11.5. The largest absolute Gasteiger partial charge is 0.357 e. The first-order chi connectivity index (χ1) is 6.46. The number of amidine groups is 1. The van der Waals surface area contributed by atoms with E-state index in [9.17, 15) is 0 Å². The average Bonchev–Trinajstić information content (AvgIpc) is 2.15. The van der Waals surface area contributed by atoms with Crippen molar-refractivity contribution < 1.29 is 0 Å². The van der Waals surface area contributed by atoms with Gasteiger partial charge in [-0.2, -0.15) is 0 Å². The molecule has 14 heavy (non-hydrogen) atoms. The summed E-state index contributed by atoms with van der Waals surface area (Å²) in [6.45, 7) is 9.73. The number of likely N-dealkylation sites (tertiary alicyclic amines) is 1. The molecule has 1 N–H and O–H groups in total. The molecule has 0 aromatic carbocycles. The highest BCUT2D eigenvalue weighted by Gasteiger charge is 2.29. The third-order valence-corrected chi connectivity index (χ3v) is 3.10. The number of piperidine rings is 1. The lowest BCUT2D eigenvalue weighted by molar-refractivity contribution is 0.216. The quantitative estimate of drug-likeness (QED) is 0.506. The number of nitrogens with one attached hydrogen (secondary N) is 1. The van der Waals surface area contributed by atoms with Crippen molar-refractivity contribution in [3.63, 3.8) is 0 Å². The number of hydrogen-bond donors (Lipinski definition) is 1. The van der Waals surface area contributed by atoms with Crippen LogP contribution in [0.5, 0.6) is 0 Å². The maximum absolute atomic E-state index is 8.19. The topological polar surface area (TPSA) is 27.1 Å². The summed E-state index contributed by atoms with van der Waals surface area (Å²) >= 11 is 0. The van der Waals surface area contributed by atoms with Crippen LogP contribution < -0.4 is 0 Å².